The summed E-state index contributed by atoms with van der Waals surface area (Å²) in [5.74, 6) is 1.50. The third-order valence-electron chi connectivity index (χ3n) is 5.16. The van der Waals surface area contributed by atoms with Crippen molar-refractivity contribution in [1.29, 1.82) is 0 Å². The van der Waals surface area contributed by atoms with Crippen LogP contribution in [-0.4, -0.2) is 30.4 Å². The maximum Gasteiger partial charge on any atom is 0.315 e. The maximum absolute atomic E-state index is 12.4. The Hall–Kier alpha value is -2.21. The summed E-state index contributed by atoms with van der Waals surface area (Å²) in [6, 6.07) is 5.10. The topological polar surface area (TPSA) is 83.7 Å². The predicted molar refractivity (Wildman–Crippen MR) is 95.9 cm³/mol. The molecule has 136 valence electrons. The Morgan fingerprint density at radius 1 is 1.40 bits per heavy atom. The summed E-state index contributed by atoms with van der Waals surface area (Å²) < 4.78 is 11.2. The lowest BCUT2D eigenvalue weighted by Gasteiger charge is -2.28. The van der Waals surface area contributed by atoms with Gasteiger partial charge in [-0.3, -0.25) is 0 Å². The predicted octanol–water partition coefficient (Wildman–Crippen LogP) is 3.42. The van der Waals surface area contributed by atoms with Gasteiger partial charge in [0, 0.05) is 10.9 Å². The van der Waals surface area contributed by atoms with Crippen molar-refractivity contribution in [3.05, 3.63) is 29.5 Å². The smallest absolute Gasteiger partial charge is 0.315 e. The Bertz CT molecular complexity index is 762. The minimum absolute atomic E-state index is 0.0295. The molecule has 6 heteroatoms. The average molecular weight is 346 g/mol. The monoisotopic (exact) mass is 346 g/mol. The zero-order chi connectivity index (χ0) is 18.0. The number of nitrogens with one attached hydrogen (secondary N) is 2. The third kappa shape index (κ3) is 3.44. The number of ether oxygens (including phenoxy) is 1. The quantitative estimate of drug-likeness (QED) is 0.774. The molecule has 1 saturated carbocycles. The van der Waals surface area contributed by atoms with Crippen LogP contribution < -0.4 is 15.4 Å². The molecule has 1 atom stereocenters. The van der Waals surface area contributed by atoms with Crippen LogP contribution in [0.3, 0.4) is 0 Å². The molecule has 1 aliphatic rings. The molecule has 3 N–H and O–H groups in total. The maximum atomic E-state index is 12.4. The highest BCUT2D eigenvalue weighted by molar-refractivity contribution is 5.84. The van der Waals surface area contributed by atoms with Crippen molar-refractivity contribution >= 4 is 17.0 Å². The number of hydrogen-bond donors (Lipinski definition) is 3. The first kappa shape index (κ1) is 17.6. The number of aryl methyl sites for hydroxylation is 1. The summed E-state index contributed by atoms with van der Waals surface area (Å²) in [7, 11) is 1.63. The van der Waals surface area contributed by atoms with E-state index < -0.39 is 5.54 Å². The Morgan fingerprint density at radius 2 is 2.12 bits per heavy atom. The molecule has 25 heavy (non-hydrogen) atoms. The molecule has 0 aliphatic heterocycles. The molecule has 0 spiro atoms. The van der Waals surface area contributed by atoms with Crippen LogP contribution in [0.4, 0.5) is 4.79 Å². The molecule has 0 radical (unpaired) electrons. The lowest BCUT2D eigenvalue weighted by atomic mass is 9.99. The fraction of sp³-hybridized carbons (Fsp3) is 0.526. The summed E-state index contributed by atoms with van der Waals surface area (Å²) in [6.45, 7) is 3.84. The number of aliphatic hydroxyl groups excluding tert-OH is 1. The van der Waals surface area contributed by atoms with Gasteiger partial charge in [-0.1, -0.05) is 12.8 Å². The standard InChI is InChI=1S/C19H26N2O4/c1-12-15-10-14(24-3)6-7-16(15)25-17(12)13(2)20-18(23)21-19(11-22)8-4-5-9-19/h6-7,10,13,22H,4-5,8-9,11H2,1-3H3,(H2,20,21,23). The molecule has 1 fully saturated rings. The number of carbonyl (C=O) groups excluding carboxylic acids is 1. The molecule has 1 aromatic carbocycles. The van der Waals surface area contributed by atoms with Crippen LogP contribution in [0.5, 0.6) is 5.75 Å². The highest BCUT2D eigenvalue weighted by atomic mass is 16.5. The molecule has 1 unspecified atom stereocenters. The van der Waals surface area contributed by atoms with Crippen molar-refractivity contribution in [2.24, 2.45) is 0 Å². The second-order valence-electron chi connectivity index (χ2n) is 6.92. The molecule has 1 aliphatic carbocycles. The van der Waals surface area contributed by atoms with Crippen LogP contribution in [0.15, 0.2) is 22.6 Å². The van der Waals surface area contributed by atoms with Crippen molar-refractivity contribution in [2.45, 2.75) is 51.1 Å². The van der Waals surface area contributed by atoms with E-state index in [-0.39, 0.29) is 18.7 Å². The summed E-state index contributed by atoms with van der Waals surface area (Å²) in [5, 5.41) is 16.5. The lowest BCUT2D eigenvalue weighted by molar-refractivity contribution is 0.161. The first-order chi connectivity index (χ1) is 12.0. The van der Waals surface area contributed by atoms with Gasteiger partial charge in [-0.25, -0.2) is 4.79 Å². The number of rotatable bonds is 5. The largest absolute Gasteiger partial charge is 0.497 e. The van der Waals surface area contributed by atoms with Crippen molar-refractivity contribution in [1.82, 2.24) is 10.6 Å². The number of amides is 2. The van der Waals surface area contributed by atoms with Gasteiger partial charge < -0.3 is 24.9 Å². The van der Waals surface area contributed by atoms with Gasteiger partial charge in [0.15, 0.2) is 0 Å². The minimum Gasteiger partial charge on any atom is -0.497 e. The molecule has 1 heterocycles. The number of methoxy groups -OCH3 is 1. The van der Waals surface area contributed by atoms with E-state index in [0.29, 0.717) is 0 Å². The molecule has 2 aromatic rings. The lowest BCUT2D eigenvalue weighted by Crippen LogP contribution is -2.53. The zero-order valence-corrected chi connectivity index (χ0v) is 15.0. The minimum atomic E-state index is -0.486. The van der Waals surface area contributed by atoms with Crippen LogP contribution in [0.2, 0.25) is 0 Å². The second kappa shape index (κ2) is 6.96. The van der Waals surface area contributed by atoms with Gasteiger partial charge in [0.05, 0.1) is 25.3 Å². The van der Waals surface area contributed by atoms with Gasteiger partial charge in [0.2, 0.25) is 0 Å². The van der Waals surface area contributed by atoms with Crippen LogP contribution in [0.25, 0.3) is 11.0 Å². The van der Waals surface area contributed by atoms with E-state index in [0.717, 1.165) is 53.7 Å². The van der Waals surface area contributed by atoms with Gasteiger partial charge in [-0.15, -0.1) is 0 Å². The van der Waals surface area contributed by atoms with Crippen LogP contribution >= 0.6 is 0 Å². The molecule has 2 amide bonds. The molecule has 0 saturated heterocycles. The molecule has 3 rings (SSSR count). The summed E-state index contributed by atoms with van der Waals surface area (Å²) in [5.41, 5.74) is 1.27. The number of carbonyl (C=O) groups is 1. The molecular weight excluding hydrogens is 320 g/mol. The van der Waals surface area contributed by atoms with Gasteiger partial charge in [0.1, 0.15) is 17.1 Å². The first-order valence-corrected chi connectivity index (χ1v) is 8.74. The third-order valence-corrected chi connectivity index (χ3v) is 5.16. The van der Waals surface area contributed by atoms with E-state index in [1.54, 1.807) is 7.11 Å². The highest BCUT2D eigenvalue weighted by Gasteiger charge is 2.35. The van der Waals surface area contributed by atoms with Crippen LogP contribution in [-0.2, 0) is 0 Å². The normalized spacial score (nSPS) is 17.4. The van der Waals surface area contributed by atoms with E-state index >= 15 is 0 Å². The summed E-state index contributed by atoms with van der Waals surface area (Å²) >= 11 is 0. The molecular formula is C19H26N2O4. The summed E-state index contributed by atoms with van der Waals surface area (Å²) in [6.07, 6.45) is 3.69. The van der Waals surface area contributed by atoms with E-state index in [9.17, 15) is 9.90 Å². The fourth-order valence-electron chi connectivity index (χ4n) is 3.67. The molecule has 6 nitrogen and oxygen atoms in total. The van der Waals surface area contributed by atoms with Crippen molar-refractivity contribution in [3.8, 4) is 5.75 Å². The van der Waals surface area contributed by atoms with Crippen molar-refractivity contribution in [2.75, 3.05) is 13.7 Å². The number of hydrogen-bond acceptors (Lipinski definition) is 4. The van der Waals surface area contributed by atoms with Gasteiger partial charge in [-0.05, 0) is 44.9 Å². The van der Waals surface area contributed by atoms with E-state index in [1.807, 2.05) is 32.0 Å². The van der Waals surface area contributed by atoms with Gasteiger partial charge >= 0.3 is 6.03 Å². The number of urea groups is 1. The highest BCUT2D eigenvalue weighted by Crippen LogP contribution is 2.32. The van der Waals surface area contributed by atoms with Gasteiger partial charge in [0.25, 0.3) is 0 Å². The van der Waals surface area contributed by atoms with Crippen LogP contribution in [0.1, 0.15) is 50.0 Å². The Labute approximate surface area is 147 Å². The van der Waals surface area contributed by atoms with Crippen molar-refractivity contribution in [3.63, 3.8) is 0 Å². The Balaban J connectivity index is 1.74. The number of aliphatic hydroxyl groups is 1. The van der Waals surface area contributed by atoms with E-state index in [4.69, 9.17) is 9.15 Å². The Kier molecular flexibility index (Phi) is 4.90. The molecule has 1 aromatic heterocycles. The van der Waals surface area contributed by atoms with Crippen molar-refractivity contribution < 1.29 is 19.1 Å². The Morgan fingerprint density at radius 3 is 2.76 bits per heavy atom. The second-order valence-corrected chi connectivity index (χ2v) is 6.92. The van der Waals surface area contributed by atoms with Gasteiger partial charge in [-0.2, -0.15) is 0 Å². The van der Waals surface area contributed by atoms with E-state index in [2.05, 4.69) is 10.6 Å². The number of benzene rings is 1. The number of fused-ring (bicyclic) bond motifs is 1. The fourth-order valence-corrected chi connectivity index (χ4v) is 3.67. The summed E-state index contributed by atoms with van der Waals surface area (Å²) in [4.78, 5) is 12.4. The zero-order valence-electron chi connectivity index (χ0n) is 15.0. The molecule has 0 bridgehead atoms. The van der Waals surface area contributed by atoms with E-state index in [1.165, 1.54) is 0 Å². The average Bonchev–Trinajstić information content (AvgIpc) is 3.20. The SMILES string of the molecule is COc1ccc2oc(C(C)NC(=O)NC3(CO)CCCC3)c(C)c2c1. The van der Waals surface area contributed by atoms with Crippen LogP contribution in [0, 0.1) is 6.92 Å². The first-order valence-electron chi connectivity index (χ1n) is 8.74. The number of furan rings is 1.